The Balaban J connectivity index is 1.63. The predicted molar refractivity (Wildman–Crippen MR) is 138 cm³/mol. The van der Waals surface area contributed by atoms with E-state index in [1.165, 1.54) is 42.1 Å². The zero-order valence-corrected chi connectivity index (χ0v) is 20.5. The molecular formula is C27H23FN2O3S2. The second-order valence-corrected chi connectivity index (χ2v) is 10.7. The highest BCUT2D eigenvalue weighted by Gasteiger charge is 2.29. The quantitative estimate of drug-likeness (QED) is 0.313. The van der Waals surface area contributed by atoms with E-state index in [0.717, 1.165) is 25.7 Å². The van der Waals surface area contributed by atoms with Crippen LogP contribution in [0, 0.1) is 12.7 Å². The molecule has 1 amide bonds. The van der Waals surface area contributed by atoms with Crippen LogP contribution in [0.5, 0.6) is 0 Å². The molecule has 0 aliphatic heterocycles. The first-order valence-electron chi connectivity index (χ1n) is 10.8. The maximum absolute atomic E-state index is 14.7. The van der Waals surface area contributed by atoms with Crippen molar-refractivity contribution in [2.45, 2.75) is 21.6 Å². The predicted octanol–water partition coefficient (Wildman–Crippen LogP) is 6.12. The second-order valence-electron chi connectivity index (χ2n) is 7.74. The molecule has 4 aromatic carbocycles. The summed E-state index contributed by atoms with van der Waals surface area (Å²) in [6.07, 6.45) is 0. The Morgan fingerprint density at radius 3 is 2.20 bits per heavy atom. The number of halogens is 1. The Bertz CT molecular complexity index is 1430. The van der Waals surface area contributed by atoms with Gasteiger partial charge in [0.15, 0.2) is 0 Å². The number of hydrogen-bond donors (Lipinski definition) is 1. The van der Waals surface area contributed by atoms with Gasteiger partial charge in [0.2, 0.25) is 5.91 Å². The van der Waals surface area contributed by atoms with E-state index in [-0.39, 0.29) is 10.6 Å². The summed E-state index contributed by atoms with van der Waals surface area (Å²) >= 11 is 1.47. The summed E-state index contributed by atoms with van der Waals surface area (Å²) in [7, 11) is -4.21. The minimum absolute atomic E-state index is 0.0285. The van der Waals surface area contributed by atoms with Gasteiger partial charge < -0.3 is 5.32 Å². The summed E-state index contributed by atoms with van der Waals surface area (Å²) in [6, 6.07) is 28.6. The van der Waals surface area contributed by atoms with Gasteiger partial charge in [-0.1, -0.05) is 71.9 Å². The highest BCUT2D eigenvalue weighted by molar-refractivity contribution is 7.99. The van der Waals surface area contributed by atoms with Crippen molar-refractivity contribution in [1.29, 1.82) is 0 Å². The van der Waals surface area contributed by atoms with E-state index >= 15 is 0 Å². The smallest absolute Gasteiger partial charge is 0.264 e. The molecule has 5 nitrogen and oxygen atoms in total. The first-order chi connectivity index (χ1) is 16.8. The van der Waals surface area contributed by atoms with E-state index in [9.17, 15) is 17.6 Å². The summed E-state index contributed by atoms with van der Waals surface area (Å²) in [6.45, 7) is 1.24. The van der Waals surface area contributed by atoms with Crippen molar-refractivity contribution in [3.8, 4) is 0 Å². The normalized spacial score (nSPS) is 11.1. The standard InChI is InChI=1S/C27H23FN2O3S2/c1-20-15-17-22(18-16-20)35(32,33)30(25-13-7-5-11-23(25)28)19-27(31)29-24-12-6-8-14-26(24)34-21-9-3-2-4-10-21/h2-18H,19H2,1H3,(H,29,31). The van der Waals surface area contributed by atoms with E-state index in [2.05, 4.69) is 5.32 Å². The molecule has 0 aromatic heterocycles. The summed E-state index contributed by atoms with van der Waals surface area (Å²) in [5, 5.41) is 2.79. The van der Waals surface area contributed by atoms with Crippen LogP contribution in [0.3, 0.4) is 0 Å². The molecule has 8 heteroatoms. The highest BCUT2D eigenvalue weighted by atomic mass is 32.2. The maximum Gasteiger partial charge on any atom is 0.264 e. The van der Waals surface area contributed by atoms with E-state index < -0.39 is 28.3 Å². The molecule has 0 saturated heterocycles. The third-order valence-corrected chi connectivity index (χ3v) is 8.01. The Morgan fingerprint density at radius 2 is 1.49 bits per heavy atom. The van der Waals surface area contributed by atoms with Crippen LogP contribution in [0.2, 0.25) is 0 Å². The van der Waals surface area contributed by atoms with Crippen LogP contribution in [0.25, 0.3) is 0 Å². The van der Waals surface area contributed by atoms with Crippen molar-refractivity contribution in [3.63, 3.8) is 0 Å². The third-order valence-electron chi connectivity index (χ3n) is 5.15. The van der Waals surface area contributed by atoms with Crippen molar-refractivity contribution in [1.82, 2.24) is 0 Å². The van der Waals surface area contributed by atoms with E-state index in [0.29, 0.717) is 5.69 Å². The number of carbonyl (C=O) groups excluding carboxylic acids is 1. The first kappa shape index (κ1) is 24.5. The SMILES string of the molecule is Cc1ccc(S(=O)(=O)N(CC(=O)Nc2ccccc2Sc2ccccc2)c2ccccc2F)cc1. The van der Waals surface area contributed by atoms with Gasteiger partial charge in [0.1, 0.15) is 12.4 Å². The van der Waals surface area contributed by atoms with Crippen molar-refractivity contribution in [2.75, 3.05) is 16.2 Å². The van der Waals surface area contributed by atoms with Gasteiger partial charge >= 0.3 is 0 Å². The fourth-order valence-corrected chi connectivity index (χ4v) is 5.74. The number of nitrogens with zero attached hydrogens (tertiary/aromatic N) is 1. The van der Waals surface area contributed by atoms with Gasteiger partial charge in [0, 0.05) is 9.79 Å². The molecule has 4 aromatic rings. The molecule has 35 heavy (non-hydrogen) atoms. The molecule has 0 aliphatic rings. The van der Waals surface area contributed by atoms with Gasteiger partial charge in [-0.05, 0) is 55.5 Å². The van der Waals surface area contributed by atoms with Crippen LogP contribution >= 0.6 is 11.8 Å². The molecular weight excluding hydrogens is 483 g/mol. The van der Waals surface area contributed by atoms with Crippen LogP contribution in [0.1, 0.15) is 5.56 Å². The number of sulfonamides is 1. The van der Waals surface area contributed by atoms with Crippen molar-refractivity contribution >= 4 is 39.1 Å². The van der Waals surface area contributed by atoms with Gasteiger partial charge in [0.25, 0.3) is 10.0 Å². The molecule has 0 heterocycles. The lowest BCUT2D eigenvalue weighted by Crippen LogP contribution is -2.38. The van der Waals surface area contributed by atoms with E-state index in [4.69, 9.17) is 0 Å². The number of anilines is 2. The molecule has 0 bridgehead atoms. The Labute approximate surface area is 208 Å². The largest absolute Gasteiger partial charge is 0.323 e. The Kier molecular flexibility index (Phi) is 7.53. The Morgan fingerprint density at radius 1 is 0.857 bits per heavy atom. The summed E-state index contributed by atoms with van der Waals surface area (Å²) in [4.78, 5) is 14.9. The lowest BCUT2D eigenvalue weighted by atomic mass is 10.2. The van der Waals surface area contributed by atoms with E-state index in [1.807, 2.05) is 49.4 Å². The lowest BCUT2D eigenvalue weighted by Gasteiger charge is -2.24. The number of nitrogens with one attached hydrogen (secondary N) is 1. The lowest BCUT2D eigenvalue weighted by molar-refractivity contribution is -0.114. The average molecular weight is 507 g/mol. The van der Waals surface area contributed by atoms with Gasteiger partial charge in [-0.2, -0.15) is 0 Å². The van der Waals surface area contributed by atoms with Gasteiger partial charge in [-0.25, -0.2) is 12.8 Å². The fraction of sp³-hybridized carbons (Fsp3) is 0.0741. The number of hydrogen-bond acceptors (Lipinski definition) is 4. The second kappa shape index (κ2) is 10.8. The van der Waals surface area contributed by atoms with Gasteiger partial charge in [-0.3, -0.25) is 9.10 Å². The van der Waals surface area contributed by atoms with Crippen LogP contribution in [0.4, 0.5) is 15.8 Å². The molecule has 0 unspecified atom stereocenters. The monoisotopic (exact) mass is 506 g/mol. The number of carbonyl (C=O) groups is 1. The van der Waals surface area contributed by atoms with E-state index in [1.54, 1.807) is 24.3 Å². The molecule has 0 fully saturated rings. The number of rotatable bonds is 8. The Hall–Kier alpha value is -3.62. The summed E-state index contributed by atoms with van der Waals surface area (Å²) in [5.41, 5.74) is 1.22. The number of benzene rings is 4. The van der Waals surface area contributed by atoms with Crippen LogP contribution in [-0.2, 0) is 14.8 Å². The molecule has 0 atom stereocenters. The number of amides is 1. The zero-order valence-electron chi connectivity index (χ0n) is 18.9. The van der Waals surface area contributed by atoms with Gasteiger partial charge in [-0.15, -0.1) is 0 Å². The summed E-state index contributed by atoms with van der Waals surface area (Å²) in [5.74, 6) is -1.33. The summed E-state index contributed by atoms with van der Waals surface area (Å²) < 4.78 is 42.4. The fourth-order valence-electron chi connectivity index (χ4n) is 3.39. The van der Waals surface area contributed by atoms with Crippen molar-refractivity contribution in [2.24, 2.45) is 0 Å². The molecule has 0 aliphatic carbocycles. The molecule has 4 rings (SSSR count). The highest BCUT2D eigenvalue weighted by Crippen LogP contribution is 2.33. The first-order valence-corrected chi connectivity index (χ1v) is 13.1. The topological polar surface area (TPSA) is 66.5 Å². The molecule has 0 radical (unpaired) electrons. The maximum atomic E-state index is 14.7. The van der Waals surface area contributed by atoms with Gasteiger partial charge in [0.05, 0.1) is 16.3 Å². The van der Waals surface area contributed by atoms with Crippen molar-refractivity contribution < 1.29 is 17.6 Å². The number of aryl methyl sites for hydroxylation is 1. The average Bonchev–Trinajstić information content (AvgIpc) is 2.85. The molecule has 0 spiro atoms. The zero-order chi connectivity index (χ0) is 24.8. The minimum Gasteiger partial charge on any atom is -0.323 e. The van der Waals surface area contributed by atoms with Crippen molar-refractivity contribution in [3.05, 3.63) is 115 Å². The van der Waals surface area contributed by atoms with Crippen LogP contribution in [-0.4, -0.2) is 20.9 Å². The third kappa shape index (κ3) is 5.90. The molecule has 178 valence electrons. The number of para-hydroxylation sites is 2. The van der Waals surface area contributed by atoms with Crippen LogP contribution in [0.15, 0.2) is 118 Å². The minimum atomic E-state index is -4.21. The molecule has 0 saturated carbocycles. The van der Waals surface area contributed by atoms with Crippen LogP contribution < -0.4 is 9.62 Å². The molecule has 1 N–H and O–H groups in total.